The van der Waals surface area contributed by atoms with Gasteiger partial charge in [-0.25, -0.2) is 4.98 Å². The van der Waals surface area contributed by atoms with Gasteiger partial charge in [0.25, 0.3) is 0 Å². The zero-order valence-electron chi connectivity index (χ0n) is 14.0. The third kappa shape index (κ3) is 3.70. The number of hydrogen-bond acceptors (Lipinski definition) is 4. The molecule has 3 heterocycles. The topological polar surface area (TPSA) is 39.5 Å². The van der Waals surface area contributed by atoms with Gasteiger partial charge in [0.05, 0.1) is 5.60 Å². The highest BCUT2D eigenvalue weighted by Gasteiger charge is 2.39. The van der Waals surface area contributed by atoms with Crippen LogP contribution in [0.5, 0.6) is 0 Å². The van der Waals surface area contributed by atoms with Crippen molar-refractivity contribution in [3.05, 3.63) is 18.2 Å². The quantitative estimate of drug-likeness (QED) is 0.834. The molecule has 22 heavy (non-hydrogen) atoms. The Morgan fingerprint density at radius 2 is 2.18 bits per heavy atom. The molecular formula is C17H29N3O2. The van der Waals surface area contributed by atoms with Crippen LogP contribution in [0.25, 0.3) is 0 Å². The third-order valence-electron chi connectivity index (χ3n) is 5.33. The molecule has 0 unspecified atom stereocenters. The molecule has 1 spiro atoms. The van der Waals surface area contributed by atoms with Gasteiger partial charge in [0.2, 0.25) is 0 Å². The van der Waals surface area contributed by atoms with Crippen LogP contribution < -0.4 is 0 Å². The van der Waals surface area contributed by atoms with Gasteiger partial charge in [0.1, 0.15) is 5.82 Å². The van der Waals surface area contributed by atoms with Crippen molar-refractivity contribution in [2.24, 2.45) is 7.05 Å². The molecule has 0 aromatic carbocycles. The largest absolute Gasteiger partial charge is 0.381 e. The fraction of sp³-hybridized carbons (Fsp3) is 0.824. The molecule has 3 rings (SSSR count). The van der Waals surface area contributed by atoms with E-state index in [-0.39, 0.29) is 5.60 Å². The van der Waals surface area contributed by atoms with Gasteiger partial charge in [0.15, 0.2) is 0 Å². The minimum atomic E-state index is 0.0924. The van der Waals surface area contributed by atoms with Gasteiger partial charge in [-0.15, -0.1) is 0 Å². The van der Waals surface area contributed by atoms with E-state index in [0.29, 0.717) is 6.04 Å². The molecule has 2 aliphatic rings. The van der Waals surface area contributed by atoms with Crippen molar-refractivity contribution in [2.75, 3.05) is 33.4 Å². The fourth-order valence-electron chi connectivity index (χ4n) is 3.78. The lowest BCUT2D eigenvalue weighted by Gasteiger charge is -2.45. The van der Waals surface area contributed by atoms with Crippen molar-refractivity contribution in [2.45, 2.75) is 50.2 Å². The summed E-state index contributed by atoms with van der Waals surface area (Å²) in [4.78, 5) is 6.93. The number of hydrogen-bond donors (Lipinski definition) is 0. The molecule has 124 valence electrons. The Balaban J connectivity index is 1.47. The standard InChI is InChI=1S/C17H29N3O2/c1-19(9-3-4-16-18-8-10-20(16)2)15-5-11-22-17(14-15)6-12-21-13-7-17/h8,10,15H,3-7,9,11-14H2,1-2H3/t15-/m1/s1. The smallest absolute Gasteiger partial charge is 0.108 e. The molecule has 1 aromatic rings. The van der Waals surface area contributed by atoms with Crippen LogP contribution in [-0.4, -0.2) is 59.5 Å². The van der Waals surface area contributed by atoms with Crippen molar-refractivity contribution in [3.63, 3.8) is 0 Å². The average Bonchev–Trinajstić information content (AvgIpc) is 2.93. The van der Waals surface area contributed by atoms with Crippen LogP contribution in [0.4, 0.5) is 0 Å². The lowest BCUT2D eigenvalue weighted by molar-refractivity contribution is -0.149. The molecule has 2 aliphatic heterocycles. The summed E-state index contributed by atoms with van der Waals surface area (Å²) in [5.41, 5.74) is 0.0924. The monoisotopic (exact) mass is 307 g/mol. The molecule has 0 aliphatic carbocycles. The van der Waals surface area contributed by atoms with Gasteiger partial charge in [-0.05, 0) is 45.7 Å². The number of ether oxygens (including phenoxy) is 2. The second kappa shape index (κ2) is 7.11. The maximum atomic E-state index is 6.15. The summed E-state index contributed by atoms with van der Waals surface area (Å²) in [7, 11) is 4.33. The van der Waals surface area contributed by atoms with E-state index in [1.54, 1.807) is 0 Å². The zero-order valence-corrected chi connectivity index (χ0v) is 14.0. The van der Waals surface area contributed by atoms with Gasteiger partial charge >= 0.3 is 0 Å². The normalized spacial score (nSPS) is 25.0. The maximum Gasteiger partial charge on any atom is 0.108 e. The number of rotatable bonds is 5. The van der Waals surface area contributed by atoms with E-state index < -0.39 is 0 Å². The second-order valence-electron chi connectivity index (χ2n) is 6.83. The molecule has 2 saturated heterocycles. The Labute approximate surface area is 133 Å². The average molecular weight is 307 g/mol. The van der Waals surface area contributed by atoms with Gasteiger partial charge in [-0.3, -0.25) is 0 Å². The Hall–Kier alpha value is -0.910. The minimum Gasteiger partial charge on any atom is -0.381 e. The van der Waals surface area contributed by atoms with Crippen molar-refractivity contribution < 1.29 is 9.47 Å². The molecule has 1 aromatic heterocycles. The van der Waals surface area contributed by atoms with Crippen molar-refractivity contribution in [3.8, 4) is 0 Å². The number of nitrogens with zero attached hydrogens (tertiary/aromatic N) is 3. The first-order valence-corrected chi connectivity index (χ1v) is 8.57. The van der Waals surface area contributed by atoms with E-state index in [4.69, 9.17) is 9.47 Å². The van der Waals surface area contributed by atoms with Gasteiger partial charge < -0.3 is 18.9 Å². The molecule has 0 bridgehead atoms. The fourth-order valence-corrected chi connectivity index (χ4v) is 3.78. The number of aromatic nitrogens is 2. The Kier molecular flexibility index (Phi) is 5.16. The third-order valence-corrected chi connectivity index (χ3v) is 5.33. The first-order valence-electron chi connectivity index (χ1n) is 8.57. The molecule has 0 radical (unpaired) electrons. The molecular weight excluding hydrogens is 278 g/mol. The molecule has 5 heteroatoms. The van der Waals surface area contributed by atoms with Crippen LogP contribution in [0.2, 0.25) is 0 Å². The highest BCUT2D eigenvalue weighted by atomic mass is 16.5. The van der Waals surface area contributed by atoms with E-state index >= 15 is 0 Å². The summed E-state index contributed by atoms with van der Waals surface area (Å²) in [5, 5.41) is 0. The first-order chi connectivity index (χ1) is 10.7. The zero-order chi connectivity index (χ0) is 15.4. The lowest BCUT2D eigenvalue weighted by atomic mass is 9.83. The second-order valence-corrected chi connectivity index (χ2v) is 6.83. The van der Waals surface area contributed by atoms with E-state index in [0.717, 1.165) is 64.9 Å². The van der Waals surface area contributed by atoms with Crippen molar-refractivity contribution in [1.82, 2.24) is 14.5 Å². The highest BCUT2D eigenvalue weighted by molar-refractivity contribution is 4.93. The number of imidazole rings is 1. The minimum absolute atomic E-state index is 0.0924. The molecule has 2 fully saturated rings. The van der Waals surface area contributed by atoms with Crippen molar-refractivity contribution in [1.29, 1.82) is 0 Å². The van der Waals surface area contributed by atoms with Crippen LogP contribution in [0.15, 0.2) is 12.4 Å². The summed E-state index contributed by atoms with van der Waals surface area (Å²) < 4.78 is 13.8. The summed E-state index contributed by atoms with van der Waals surface area (Å²) >= 11 is 0. The van der Waals surface area contributed by atoms with Crippen LogP contribution in [0.1, 0.15) is 37.9 Å². The Bertz CT molecular complexity index is 463. The van der Waals surface area contributed by atoms with Crippen LogP contribution in [0, 0.1) is 0 Å². The van der Waals surface area contributed by atoms with Crippen LogP contribution in [0.3, 0.4) is 0 Å². The highest BCUT2D eigenvalue weighted by Crippen LogP contribution is 2.35. The van der Waals surface area contributed by atoms with Gasteiger partial charge in [-0.1, -0.05) is 0 Å². The predicted octanol–water partition coefficient (Wildman–Crippen LogP) is 2.01. The van der Waals surface area contributed by atoms with E-state index in [2.05, 4.69) is 28.5 Å². The molecule has 0 amide bonds. The molecule has 1 atom stereocenters. The van der Waals surface area contributed by atoms with Crippen LogP contribution >= 0.6 is 0 Å². The van der Waals surface area contributed by atoms with Crippen molar-refractivity contribution >= 4 is 0 Å². The van der Waals surface area contributed by atoms with E-state index in [9.17, 15) is 0 Å². The summed E-state index contributed by atoms with van der Waals surface area (Å²) in [6, 6.07) is 0.647. The van der Waals surface area contributed by atoms with E-state index in [1.165, 1.54) is 5.82 Å². The summed E-state index contributed by atoms with van der Waals surface area (Å²) in [6.07, 6.45) is 10.6. The maximum absolute atomic E-state index is 6.15. The molecule has 0 saturated carbocycles. The summed E-state index contributed by atoms with van der Waals surface area (Å²) in [6.45, 7) is 3.74. The lowest BCUT2D eigenvalue weighted by Crippen LogP contribution is -2.50. The van der Waals surface area contributed by atoms with Gasteiger partial charge in [-0.2, -0.15) is 0 Å². The molecule has 5 nitrogen and oxygen atoms in total. The number of aryl methyl sites for hydroxylation is 2. The summed E-state index contributed by atoms with van der Waals surface area (Å²) in [5.74, 6) is 1.18. The molecule has 0 N–H and O–H groups in total. The predicted molar refractivity (Wildman–Crippen MR) is 85.9 cm³/mol. The Morgan fingerprint density at radius 1 is 1.36 bits per heavy atom. The SMILES string of the molecule is CN(CCCc1nccn1C)[C@@H]1CCOC2(CCOCC2)C1. The Morgan fingerprint density at radius 3 is 2.91 bits per heavy atom. The van der Waals surface area contributed by atoms with Crippen LogP contribution in [-0.2, 0) is 22.9 Å². The van der Waals surface area contributed by atoms with E-state index in [1.807, 2.05) is 12.4 Å². The van der Waals surface area contributed by atoms with Gasteiger partial charge in [0, 0.05) is 51.7 Å². The first kappa shape index (κ1) is 16.0.